The minimum absolute atomic E-state index is 1.08. The summed E-state index contributed by atoms with van der Waals surface area (Å²) in [6.07, 6.45) is 27.9. The van der Waals surface area contributed by atoms with E-state index in [1.807, 2.05) is 0 Å². The average molecular weight is 280 g/mol. The van der Waals surface area contributed by atoms with E-state index in [9.17, 15) is 0 Å². The molecule has 0 N–H and O–H groups in total. The first-order valence-electron chi connectivity index (χ1n) is 8.06. The number of unbranched alkanes of at least 4 members (excludes halogenated alkanes) is 6. The Balaban J connectivity index is 3.19. The van der Waals surface area contributed by atoms with Gasteiger partial charge in [-0.25, -0.2) is 0 Å². The molecule has 0 spiro atoms. The van der Waals surface area contributed by atoms with E-state index < -0.39 is 0 Å². The molecule has 0 aromatic rings. The molecule has 0 aliphatic heterocycles. The molecule has 0 rings (SSSR count). The highest BCUT2D eigenvalue weighted by Gasteiger charge is 1.88. The quantitative estimate of drug-likeness (QED) is 0.206. The van der Waals surface area contributed by atoms with Crippen molar-refractivity contribution in [1.82, 2.24) is 0 Å². The van der Waals surface area contributed by atoms with Crippen molar-refractivity contribution in [3.63, 3.8) is 0 Å². The maximum Gasteiger partial charge on any atom is -0.0169 e. The summed E-state index contributed by atoms with van der Waals surface area (Å²) in [5.74, 6) is 0. The van der Waals surface area contributed by atoms with Gasteiger partial charge in [0.25, 0.3) is 0 Å². The van der Waals surface area contributed by atoms with Crippen molar-refractivity contribution < 1.29 is 0 Å². The molecule has 0 bridgehead atoms. The molecule has 110 valence electrons. The van der Waals surface area contributed by atoms with Crippen LogP contribution in [0.15, 0.2) is 36.5 Å². The third-order valence-electron chi connectivity index (χ3n) is 3.10. The standard InChI is InChI=1S/C18H33P/c1-2-3-4-5-6-7-8-9-10-11-12-13-14-15-16-17-18-19/h3-4,6-7,9-10H,2,5,8,11-19H2,1H3/b4-3-,7-6-,10-9-. The van der Waals surface area contributed by atoms with Gasteiger partial charge in [0.1, 0.15) is 0 Å². The van der Waals surface area contributed by atoms with Gasteiger partial charge >= 0.3 is 0 Å². The van der Waals surface area contributed by atoms with Gasteiger partial charge in [0.2, 0.25) is 0 Å². The van der Waals surface area contributed by atoms with Crippen LogP contribution in [0.2, 0.25) is 0 Å². The molecule has 0 fully saturated rings. The van der Waals surface area contributed by atoms with Gasteiger partial charge in [-0.1, -0.05) is 69.1 Å². The van der Waals surface area contributed by atoms with Crippen LogP contribution in [0, 0.1) is 0 Å². The second-order valence-electron chi connectivity index (χ2n) is 4.99. The molecule has 0 aliphatic carbocycles. The Kier molecular flexibility index (Phi) is 17.3. The zero-order valence-corrected chi connectivity index (χ0v) is 14.0. The lowest BCUT2D eigenvalue weighted by molar-refractivity contribution is 0.613. The molecule has 0 heterocycles. The maximum absolute atomic E-state index is 2.81. The zero-order valence-electron chi connectivity index (χ0n) is 12.8. The highest BCUT2D eigenvalue weighted by atomic mass is 31.0. The molecular weight excluding hydrogens is 247 g/mol. The summed E-state index contributed by atoms with van der Waals surface area (Å²) in [4.78, 5) is 0. The van der Waals surface area contributed by atoms with Gasteiger partial charge in [-0.3, -0.25) is 0 Å². The molecule has 19 heavy (non-hydrogen) atoms. The van der Waals surface area contributed by atoms with Gasteiger partial charge in [0.15, 0.2) is 0 Å². The van der Waals surface area contributed by atoms with Crippen LogP contribution < -0.4 is 0 Å². The Morgan fingerprint density at radius 3 is 1.79 bits per heavy atom. The normalized spacial score (nSPS) is 12.3. The van der Waals surface area contributed by atoms with Crippen molar-refractivity contribution in [2.45, 2.75) is 71.1 Å². The number of rotatable bonds is 13. The summed E-state index contributed by atoms with van der Waals surface area (Å²) < 4.78 is 0. The maximum atomic E-state index is 2.81. The van der Waals surface area contributed by atoms with E-state index in [1.54, 1.807) is 0 Å². The van der Waals surface area contributed by atoms with Gasteiger partial charge in [-0.2, -0.15) is 0 Å². The zero-order chi connectivity index (χ0) is 14.0. The Morgan fingerprint density at radius 2 is 1.16 bits per heavy atom. The monoisotopic (exact) mass is 280 g/mol. The van der Waals surface area contributed by atoms with E-state index in [0.717, 1.165) is 19.3 Å². The van der Waals surface area contributed by atoms with Crippen LogP contribution in [0.1, 0.15) is 71.1 Å². The molecule has 0 nitrogen and oxygen atoms in total. The number of hydrogen-bond acceptors (Lipinski definition) is 0. The largest absolute Gasteiger partial charge is 0.138 e. The van der Waals surface area contributed by atoms with Crippen molar-refractivity contribution in [3.05, 3.63) is 36.5 Å². The molecule has 0 aromatic heterocycles. The van der Waals surface area contributed by atoms with E-state index in [0.29, 0.717) is 0 Å². The lowest BCUT2D eigenvalue weighted by atomic mass is 10.1. The minimum Gasteiger partial charge on any atom is -0.138 e. The van der Waals surface area contributed by atoms with Crippen LogP contribution in [0.4, 0.5) is 0 Å². The third-order valence-corrected chi connectivity index (χ3v) is 3.51. The molecule has 0 aromatic carbocycles. The topological polar surface area (TPSA) is 0 Å². The first-order valence-corrected chi connectivity index (χ1v) is 8.88. The van der Waals surface area contributed by atoms with E-state index >= 15 is 0 Å². The average Bonchev–Trinajstić information content (AvgIpc) is 2.43. The van der Waals surface area contributed by atoms with Crippen LogP contribution in [-0.4, -0.2) is 6.16 Å². The van der Waals surface area contributed by atoms with Crippen molar-refractivity contribution in [1.29, 1.82) is 0 Å². The first-order chi connectivity index (χ1) is 9.41. The summed E-state index contributed by atoms with van der Waals surface area (Å²) in [5, 5.41) is 0. The van der Waals surface area contributed by atoms with Gasteiger partial charge < -0.3 is 0 Å². The Labute approximate surface area is 123 Å². The van der Waals surface area contributed by atoms with Crippen LogP contribution in [0.5, 0.6) is 0 Å². The highest BCUT2D eigenvalue weighted by Crippen LogP contribution is 2.08. The SMILES string of the molecule is CC/C=C\C/C=C\C/C=C\CCCCCCCCP. The molecular formula is C18H33P. The predicted molar refractivity (Wildman–Crippen MR) is 93.8 cm³/mol. The van der Waals surface area contributed by atoms with Crippen molar-refractivity contribution in [3.8, 4) is 0 Å². The van der Waals surface area contributed by atoms with E-state index in [1.165, 1.54) is 51.1 Å². The van der Waals surface area contributed by atoms with E-state index in [-0.39, 0.29) is 0 Å². The Bertz CT molecular complexity index is 238. The molecule has 0 aliphatic rings. The lowest BCUT2D eigenvalue weighted by Gasteiger charge is -1.98. The molecule has 0 amide bonds. The van der Waals surface area contributed by atoms with Crippen LogP contribution in [-0.2, 0) is 0 Å². The fourth-order valence-corrected chi connectivity index (χ4v) is 2.23. The first kappa shape index (κ1) is 18.7. The van der Waals surface area contributed by atoms with Crippen LogP contribution in [0.25, 0.3) is 0 Å². The van der Waals surface area contributed by atoms with Crippen molar-refractivity contribution in [2.24, 2.45) is 0 Å². The Morgan fingerprint density at radius 1 is 0.632 bits per heavy atom. The molecule has 1 unspecified atom stereocenters. The van der Waals surface area contributed by atoms with Gasteiger partial charge in [-0.05, 0) is 44.7 Å². The lowest BCUT2D eigenvalue weighted by Crippen LogP contribution is -1.80. The predicted octanol–water partition coefficient (Wildman–Crippen LogP) is 6.45. The summed E-state index contributed by atoms with van der Waals surface area (Å²) in [6, 6.07) is 0. The van der Waals surface area contributed by atoms with Crippen LogP contribution >= 0.6 is 9.24 Å². The fourth-order valence-electron chi connectivity index (χ4n) is 1.94. The molecule has 1 atom stereocenters. The van der Waals surface area contributed by atoms with Gasteiger partial charge in [0, 0.05) is 0 Å². The van der Waals surface area contributed by atoms with E-state index in [2.05, 4.69) is 52.6 Å². The second kappa shape index (κ2) is 17.6. The summed E-state index contributed by atoms with van der Waals surface area (Å²) in [5.41, 5.74) is 0. The fraction of sp³-hybridized carbons (Fsp3) is 0.667. The smallest absolute Gasteiger partial charge is 0.0169 e. The molecule has 0 saturated heterocycles. The van der Waals surface area contributed by atoms with Gasteiger partial charge in [0.05, 0.1) is 0 Å². The van der Waals surface area contributed by atoms with Crippen LogP contribution in [0.3, 0.4) is 0 Å². The van der Waals surface area contributed by atoms with Crippen molar-refractivity contribution >= 4 is 9.24 Å². The molecule has 1 heteroatoms. The molecule has 0 saturated carbocycles. The summed E-state index contributed by atoms with van der Waals surface area (Å²) in [6.45, 7) is 2.17. The van der Waals surface area contributed by atoms with E-state index in [4.69, 9.17) is 0 Å². The Hall–Kier alpha value is -0.350. The molecule has 0 radical (unpaired) electrons. The van der Waals surface area contributed by atoms with Gasteiger partial charge in [-0.15, -0.1) is 9.24 Å². The van der Waals surface area contributed by atoms with Crippen molar-refractivity contribution in [2.75, 3.05) is 6.16 Å². The summed E-state index contributed by atoms with van der Waals surface area (Å²) >= 11 is 0. The summed E-state index contributed by atoms with van der Waals surface area (Å²) in [7, 11) is 2.81. The highest BCUT2D eigenvalue weighted by molar-refractivity contribution is 7.16. The minimum atomic E-state index is 1.08. The number of allylic oxidation sites excluding steroid dienone is 6. The second-order valence-corrected chi connectivity index (χ2v) is 5.57. The third kappa shape index (κ3) is 17.6. The number of hydrogen-bond donors (Lipinski definition) is 0.